The van der Waals surface area contributed by atoms with Gasteiger partial charge in [-0.1, -0.05) is 35.9 Å². The normalized spacial score (nSPS) is 10.6. The molecule has 0 saturated carbocycles. The third-order valence-electron chi connectivity index (χ3n) is 4.41. The Morgan fingerprint density at radius 3 is 2.38 bits per heavy atom. The summed E-state index contributed by atoms with van der Waals surface area (Å²) in [6, 6.07) is 15.9. The van der Waals surface area contributed by atoms with Crippen molar-refractivity contribution in [1.82, 2.24) is 5.43 Å². The SMILES string of the molecule is C=CCOc1ccc(C(=O)NN=Cc2ccc(OC(=O)c3ccc(Cl)c(Cl)c3)c(OC)c2)cc1. The number of esters is 1. The zero-order chi connectivity index (χ0) is 24.5. The summed E-state index contributed by atoms with van der Waals surface area (Å²) < 4.78 is 16.1. The van der Waals surface area contributed by atoms with E-state index in [-0.39, 0.29) is 22.2 Å². The number of halogens is 2. The van der Waals surface area contributed by atoms with E-state index >= 15 is 0 Å². The molecular formula is C25H20Cl2N2O5. The Morgan fingerprint density at radius 1 is 0.971 bits per heavy atom. The number of nitrogens with zero attached hydrogens (tertiary/aromatic N) is 1. The molecule has 9 heteroatoms. The summed E-state index contributed by atoms with van der Waals surface area (Å²) in [5.41, 5.74) is 3.72. The van der Waals surface area contributed by atoms with Crippen LogP contribution in [0.2, 0.25) is 10.0 Å². The summed E-state index contributed by atoms with van der Waals surface area (Å²) in [5, 5.41) is 4.54. The minimum absolute atomic E-state index is 0.207. The Labute approximate surface area is 206 Å². The standard InChI is InChI=1S/C25H20Cl2N2O5/c1-3-12-33-19-8-5-17(6-9-19)24(30)29-28-15-16-4-11-22(23(13-16)32-2)34-25(31)18-7-10-20(26)21(27)14-18/h3-11,13-15H,1,12H2,2H3,(H,29,30). The molecule has 0 aliphatic carbocycles. The van der Waals surface area contributed by atoms with Crippen LogP contribution in [0.25, 0.3) is 0 Å². The highest BCUT2D eigenvalue weighted by Gasteiger charge is 2.14. The van der Waals surface area contributed by atoms with E-state index in [0.717, 1.165) is 0 Å². The van der Waals surface area contributed by atoms with Crippen molar-refractivity contribution >= 4 is 41.3 Å². The van der Waals surface area contributed by atoms with Gasteiger partial charge in [0.05, 0.1) is 28.9 Å². The molecule has 174 valence electrons. The van der Waals surface area contributed by atoms with E-state index in [1.807, 2.05) is 0 Å². The molecule has 0 fully saturated rings. The Balaban J connectivity index is 1.63. The van der Waals surface area contributed by atoms with Gasteiger partial charge >= 0.3 is 5.97 Å². The molecule has 0 bridgehead atoms. The Hall–Kier alpha value is -3.81. The van der Waals surface area contributed by atoms with Crippen LogP contribution >= 0.6 is 23.2 Å². The van der Waals surface area contributed by atoms with Gasteiger partial charge in [0.15, 0.2) is 11.5 Å². The number of ether oxygens (including phenoxy) is 3. The number of amides is 1. The smallest absolute Gasteiger partial charge is 0.343 e. The molecule has 7 nitrogen and oxygen atoms in total. The highest BCUT2D eigenvalue weighted by atomic mass is 35.5. The molecule has 34 heavy (non-hydrogen) atoms. The Kier molecular flexibility index (Phi) is 8.67. The number of methoxy groups -OCH3 is 1. The topological polar surface area (TPSA) is 86.2 Å². The van der Waals surface area contributed by atoms with E-state index in [9.17, 15) is 9.59 Å². The number of nitrogens with one attached hydrogen (secondary N) is 1. The molecule has 0 radical (unpaired) electrons. The number of hydrazone groups is 1. The molecule has 0 saturated heterocycles. The van der Waals surface area contributed by atoms with Crippen molar-refractivity contribution in [2.45, 2.75) is 0 Å². The van der Waals surface area contributed by atoms with Crippen molar-refractivity contribution in [3.05, 3.63) is 100 Å². The first-order chi connectivity index (χ1) is 16.4. The molecule has 3 aromatic rings. The molecule has 0 unspecified atom stereocenters. The first-order valence-corrected chi connectivity index (χ1v) is 10.7. The average Bonchev–Trinajstić information content (AvgIpc) is 2.85. The van der Waals surface area contributed by atoms with Crippen molar-refractivity contribution in [2.75, 3.05) is 13.7 Å². The Morgan fingerprint density at radius 2 is 1.71 bits per heavy atom. The lowest BCUT2D eigenvalue weighted by Crippen LogP contribution is -2.17. The highest BCUT2D eigenvalue weighted by Crippen LogP contribution is 2.29. The molecule has 0 aliphatic rings. The van der Waals surface area contributed by atoms with Crippen molar-refractivity contribution in [3.8, 4) is 17.2 Å². The van der Waals surface area contributed by atoms with Crippen molar-refractivity contribution in [2.24, 2.45) is 5.10 Å². The van der Waals surface area contributed by atoms with Crippen LogP contribution < -0.4 is 19.6 Å². The second kappa shape index (κ2) is 11.9. The van der Waals surface area contributed by atoms with E-state index in [2.05, 4.69) is 17.1 Å². The molecule has 0 aromatic heterocycles. The summed E-state index contributed by atoms with van der Waals surface area (Å²) in [6.45, 7) is 3.96. The second-order valence-corrected chi connectivity index (χ2v) is 7.57. The number of carbonyl (C=O) groups excluding carboxylic acids is 2. The van der Waals surface area contributed by atoms with Crippen LogP contribution in [0.4, 0.5) is 0 Å². The van der Waals surface area contributed by atoms with Gasteiger partial charge in [0.2, 0.25) is 0 Å². The third-order valence-corrected chi connectivity index (χ3v) is 5.15. The zero-order valence-corrected chi connectivity index (χ0v) is 19.6. The van der Waals surface area contributed by atoms with Crippen LogP contribution in [0, 0.1) is 0 Å². The number of benzene rings is 3. The summed E-state index contributed by atoms with van der Waals surface area (Å²) in [7, 11) is 1.44. The van der Waals surface area contributed by atoms with Crippen molar-refractivity contribution < 1.29 is 23.8 Å². The molecule has 0 heterocycles. The third kappa shape index (κ3) is 6.60. The van der Waals surface area contributed by atoms with Crippen molar-refractivity contribution in [3.63, 3.8) is 0 Å². The number of hydrogen-bond acceptors (Lipinski definition) is 6. The van der Waals surface area contributed by atoms with Gasteiger partial charge in [-0.3, -0.25) is 4.79 Å². The van der Waals surface area contributed by atoms with Crippen LogP contribution in [-0.4, -0.2) is 31.8 Å². The van der Waals surface area contributed by atoms with Gasteiger partial charge in [0.1, 0.15) is 12.4 Å². The number of rotatable bonds is 9. The number of carbonyl (C=O) groups is 2. The van der Waals surface area contributed by atoms with E-state index in [1.165, 1.54) is 31.5 Å². The van der Waals surface area contributed by atoms with Crippen LogP contribution in [0.15, 0.2) is 78.4 Å². The lowest BCUT2D eigenvalue weighted by molar-refractivity contribution is 0.0729. The fourth-order valence-corrected chi connectivity index (χ4v) is 3.02. The second-order valence-electron chi connectivity index (χ2n) is 6.75. The minimum atomic E-state index is -0.619. The minimum Gasteiger partial charge on any atom is -0.493 e. The quantitative estimate of drug-likeness (QED) is 0.137. The van der Waals surface area contributed by atoms with Gasteiger partial charge in [0, 0.05) is 5.56 Å². The fraction of sp³-hybridized carbons (Fsp3) is 0.0800. The van der Waals surface area contributed by atoms with E-state index in [1.54, 1.807) is 48.5 Å². The van der Waals surface area contributed by atoms with Crippen LogP contribution in [-0.2, 0) is 0 Å². The highest BCUT2D eigenvalue weighted by molar-refractivity contribution is 6.42. The summed E-state index contributed by atoms with van der Waals surface area (Å²) in [6.07, 6.45) is 3.07. The number of hydrogen-bond donors (Lipinski definition) is 1. The van der Waals surface area contributed by atoms with E-state index < -0.39 is 5.97 Å². The molecule has 0 spiro atoms. The summed E-state index contributed by atoms with van der Waals surface area (Å²) in [4.78, 5) is 24.7. The average molecular weight is 499 g/mol. The van der Waals surface area contributed by atoms with Gasteiger partial charge in [-0.15, -0.1) is 0 Å². The maximum Gasteiger partial charge on any atom is 0.343 e. The largest absolute Gasteiger partial charge is 0.493 e. The van der Waals surface area contributed by atoms with Gasteiger partial charge in [-0.05, 0) is 66.2 Å². The lowest BCUT2D eigenvalue weighted by Gasteiger charge is -2.10. The molecule has 3 aromatic carbocycles. The molecule has 0 aliphatic heterocycles. The molecule has 0 atom stereocenters. The zero-order valence-electron chi connectivity index (χ0n) is 18.1. The van der Waals surface area contributed by atoms with Gasteiger partial charge < -0.3 is 14.2 Å². The predicted octanol–water partition coefficient (Wildman–Crippen LogP) is 5.55. The summed E-state index contributed by atoms with van der Waals surface area (Å²) in [5.74, 6) is 0.140. The van der Waals surface area contributed by atoms with Crippen molar-refractivity contribution in [1.29, 1.82) is 0 Å². The van der Waals surface area contributed by atoms with E-state index in [0.29, 0.717) is 34.3 Å². The maximum atomic E-state index is 12.4. The summed E-state index contributed by atoms with van der Waals surface area (Å²) >= 11 is 11.8. The fourth-order valence-electron chi connectivity index (χ4n) is 2.72. The van der Waals surface area contributed by atoms with Gasteiger partial charge in [0.25, 0.3) is 5.91 Å². The molecular weight excluding hydrogens is 479 g/mol. The van der Waals surface area contributed by atoms with Crippen LogP contribution in [0.5, 0.6) is 17.2 Å². The molecule has 1 N–H and O–H groups in total. The van der Waals surface area contributed by atoms with Crippen LogP contribution in [0.3, 0.4) is 0 Å². The monoisotopic (exact) mass is 498 g/mol. The van der Waals surface area contributed by atoms with Gasteiger partial charge in [-0.2, -0.15) is 5.10 Å². The molecule has 1 amide bonds. The van der Waals surface area contributed by atoms with Crippen LogP contribution in [0.1, 0.15) is 26.3 Å². The first-order valence-electron chi connectivity index (χ1n) is 9.93. The Bertz CT molecular complexity index is 1230. The predicted molar refractivity (Wildman–Crippen MR) is 132 cm³/mol. The van der Waals surface area contributed by atoms with Gasteiger partial charge in [-0.25, -0.2) is 10.2 Å². The maximum absolute atomic E-state index is 12.4. The lowest BCUT2D eigenvalue weighted by atomic mass is 10.2. The first kappa shape index (κ1) is 24.8. The van der Waals surface area contributed by atoms with E-state index in [4.69, 9.17) is 37.4 Å². The molecule has 3 rings (SSSR count).